The highest BCUT2D eigenvalue weighted by Crippen LogP contribution is 2.21. The van der Waals surface area contributed by atoms with E-state index in [1.165, 1.54) is 0 Å². The van der Waals surface area contributed by atoms with Gasteiger partial charge in [-0.1, -0.05) is 24.3 Å². The van der Waals surface area contributed by atoms with Gasteiger partial charge in [0.15, 0.2) is 0 Å². The van der Waals surface area contributed by atoms with Gasteiger partial charge in [0.2, 0.25) is 5.95 Å². The first-order chi connectivity index (χ1) is 16.1. The van der Waals surface area contributed by atoms with Gasteiger partial charge in [-0.3, -0.25) is 9.62 Å². The minimum Gasteiger partial charge on any atom is -0.379 e. The van der Waals surface area contributed by atoms with Crippen molar-refractivity contribution in [3.05, 3.63) is 66.9 Å². The van der Waals surface area contributed by atoms with Crippen LogP contribution < -0.4 is 15.4 Å². The van der Waals surface area contributed by atoms with Gasteiger partial charge in [-0.15, -0.1) is 0 Å². The summed E-state index contributed by atoms with van der Waals surface area (Å²) in [7, 11) is -3.66. The van der Waals surface area contributed by atoms with Crippen LogP contribution in [0.3, 0.4) is 0 Å². The van der Waals surface area contributed by atoms with Crippen LogP contribution in [0.5, 0.6) is 0 Å². The van der Waals surface area contributed by atoms with Gasteiger partial charge < -0.3 is 15.4 Å². The Morgan fingerprint density at radius 3 is 2.58 bits per heavy atom. The van der Waals surface area contributed by atoms with E-state index in [1.54, 1.807) is 54.7 Å². The molecule has 10 heteroatoms. The molecule has 0 unspecified atom stereocenters. The standard InChI is InChI=1S/C23H28N6O3S/c30-33(31,21-8-2-1-3-9-21)28-20-7-4-6-19(18-20)26-23-25-12-10-22(27-23)24-11-5-13-29-14-16-32-17-15-29/h1-4,6-10,12,18,28H,5,11,13-17H2,(H2,24,25,26,27). The van der Waals surface area contributed by atoms with Gasteiger partial charge in [-0.25, -0.2) is 13.4 Å². The van der Waals surface area contributed by atoms with Crippen LogP contribution in [0, 0.1) is 0 Å². The van der Waals surface area contributed by atoms with Crippen molar-refractivity contribution in [2.24, 2.45) is 0 Å². The molecule has 0 radical (unpaired) electrons. The molecule has 1 aliphatic heterocycles. The smallest absolute Gasteiger partial charge is 0.261 e. The van der Waals surface area contributed by atoms with Crippen molar-refractivity contribution in [1.29, 1.82) is 0 Å². The van der Waals surface area contributed by atoms with E-state index in [2.05, 4.69) is 30.2 Å². The molecule has 1 fully saturated rings. The van der Waals surface area contributed by atoms with E-state index in [9.17, 15) is 8.42 Å². The molecule has 0 saturated carbocycles. The monoisotopic (exact) mass is 468 g/mol. The molecular weight excluding hydrogens is 440 g/mol. The molecule has 1 aliphatic rings. The second-order valence-electron chi connectivity index (χ2n) is 7.62. The highest BCUT2D eigenvalue weighted by molar-refractivity contribution is 7.92. The van der Waals surface area contributed by atoms with Gasteiger partial charge in [-0.2, -0.15) is 4.98 Å². The summed E-state index contributed by atoms with van der Waals surface area (Å²) in [5.74, 6) is 1.16. The predicted molar refractivity (Wildman–Crippen MR) is 129 cm³/mol. The van der Waals surface area contributed by atoms with Crippen LogP contribution in [0.1, 0.15) is 6.42 Å². The van der Waals surface area contributed by atoms with E-state index >= 15 is 0 Å². The molecule has 0 aliphatic carbocycles. The van der Waals surface area contributed by atoms with Gasteiger partial charge in [0.05, 0.1) is 23.8 Å². The van der Waals surface area contributed by atoms with E-state index in [1.807, 2.05) is 12.1 Å². The zero-order valence-electron chi connectivity index (χ0n) is 18.3. The van der Waals surface area contributed by atoms with Gasteiger partial charge in [-0.05, 0) is 49.4 Å². The summed E-state index contributed by atoms with van der Waals surface area (Å²) in [5, 5.41) is 6.46. The molecule has 0 bridgehead atoms. The second-order valence-corrected chi connectivity index (χ2v) is 9.31. The molecule has 0 atom stereocenters. The number of morpholine rings is 1. The Morgan fingerprint density at radius 1 is 0.970 bits per heavy atom. The first-order valence-corrected chi connectivity index (χ1v) is 12.4. The van der Waals surface area contributed by atoms with Crippen LogP contribution in [0.2, 0.25) is 0 Å². The fourth-order valence-corrected chi connectivity index (χ4v) is 4.54. The summed E-state index contributed by atoms with van der Waals surface area (Å²) in [6, 6.07) is 17.1. The van der Waals surface area contributed by atoms with Crippen LogP contribution >= 0.6 is 0 Å². The Bertz CT molecular complexity index is 1140. The highest BCUT2D eigenvalue weighted by atomic mass is 32.2. The number of hydrogen-bond acceptors (Lipinski definition) is 8. The van der Waals surface area contributed by atoms with Crippen LogP contribution in [0.4, 0.5) is 23.1 Å². The number of ether oxygens (including phenoxy) is 1. The van der Waals surface area contributed by atoms with E-state index in [-0.39, 0.29) is 4.90 Å². The topological polar surface area (TPSA) is 108 Å². The largest absolute Gasteiger partial charge is 0.379 e. The normalized spacial score (nSPS) is 14.5. The number of aromatic nitrogens is 2. The number of rotatable bonds is 10. The van der Waals surface area contributed by atoms with Crippen molar-refractivity contribution in [2.45, 2.75) is 11.3 Å². The molecule has 1 aromatic heterocycles. The molecule has 9 nitrogen and oxygen atoms in total. The summed E-state index contributed by atoms with van der Waals surface area (Å²) >= 11 is 0. The number of sulfonamides is 1. The van der Waals surface area contributed by atoms with Crippen molar-refractivity contribution >= 4 is 33.2 Å². The molecule has 0 spiro atoms. The summed E-state index contributed by atoms with van der Waals surface area (Å²) in [4.78, 5) is 11.4. The van der Waals surface area contributed by atoms with E-state index in [4.69, 9.17) is 4.74 Å². The van der Waals surface area contributed by atoms with Gasteiger partial charge in [0.1, 0.15) is 5.82 Å². The summed E-state index contributed by atoms with van der Waals surface area (Å²) in [5.41, 5.74) is 1.12. The molecule has 3 aromatic rings. The SMILES string of the molecule is O=S(=O)(Nc1cccc(Nc2nccc(NCCCN3CCOCC3)n2)c1)c1ccccc1. The Morgan fingerprint density at radius 2 is 1.76 bits per heavy atom. The maximum Gasteiger partial charge on any atom is 0.261 e. The van der Waals surface area contributed by atoms with Gasteiger partial charge in [0, 0.05) is 31.5 Å². The van der Waals surface area contributed by atoms with E-state index < -0.39 is 10.0 Å². The van der Waals surface area contributed by atoms with Crippen LogP contribution in [0.25, 0.3) is 0 Å². The second kappa shape index (κ2) is 11.1. The maximum absolute atomic E-state index is 12.6. The number of nitrogens with zero attached hydrogens (tertiary/aromatic N) is 3. The zero-order chi connectivity index (χ0) is 22.9. The Balaban J connectivity index is 1.32. The molecule has 33 heavy (non-hydrogen) atoms. The van der Waals surface area contributed by atoms with E-state index in [0.29, 0.717) is 17.3 Å². The van der Waals surface area contributed by atoms with Crippen molar-refractivity contribution in [2.75, 3.05) is 54.7 Å². The highest BCUT2D eigenvalue weighted by Gasteiger charge is 2.14. The fourth-order valence-electron chi connectivity index (χ4n) is 3.46. The molecule has 4 rings (SSSR count). The molecule has 174 valence electrons. The first kappa shape index (κ1) is 23.0. The summed E-state index contributed by atoms with van der Waals surface area (Å²) in [6.45, 7) is 5.43. The number of nitrogens with one attached hydrogen (secondary N) is 3. The number of hydrogen-bond donors (Lipinski definition) is 3. The summed E-state index contributed by atoms with van der Waals surface area (Å²) in [6.07, 6.45) is 2.69. The van der Waals surface area contributed by atoms with E-state index in [0.717, 1.165) is 51.6 Å². The third-order valence-corrected chi connectivity index (χ3v) is 6.54. The average molecular weight is 469 g/mol. The Kier molecular flexibility index (Phi) is 7.71. The third-order valence-electron chi connectivity index (χ3n) is 5.14. The molecule has 2 heterocycles. The minimum atomic E-state index is -3.66. The lowest BCUT2D eigenvalue weighted by molar-refractivity contribution is 0.0378. The Hall–Kier alpha value is -3.21. The van der Waals surface area contributed by atoms with Gasteiger partial charge >= 0.3 is 0 Å². The molecule has 1 saturated heterocycles. The molecule has 0 amide bonds. The van der Waals surface area contributed by atoms with Crippen LogP contribution in [-0.2, 0) is 14.8 Å². The van der Waals surface area contributed by atoms with Crippen LogP contribution in [-0.4, -0.2) is 62.7 Å². The number of anilines is 4. The number of benzene rings is 2. The van der Waals surface area contributed by atoms with Crippen LogP contribution in [0.15, 0.2) is 71.8 Å². The lowest BCUT2D eigenvalue weighted by Gasteiger charge is -2.26. The predicted octanol–water partition coefficient (Wildman–Crippen LogP) is 3.16. The minimum absolute atomic E-state index is 0.207. The fraction of sp³-hybridized carbons (Fsp3) is 0.304. The van der Waals surface area contributed by atoms with Crippen molar-refractivity contribution < 1.29 is 13.2 Å². The lowest BCUT2D eigenvalue weighted by Crippen LogP contribution is -2.37. The first-order valence-electron chi connectivity index (χ1n) is 10.9. The van der Waals surface area contributed by atoms with Crippen molar-refractivity contribution in [3.8, 4) is 0 Å². The Labute approximate surface area is 194 Å². The molecular formula is C23H28N6O3S. The van der Waals surface area contributed by atoms with Crippen molar-refractivity contribution in [3.63, 3.8) is 0 Å². The zero-order valence-corrected chi connectivity index (χ0v) is 19.1. The lowest BCUT2D eigenvalue weighted by atomic mass is 10.3. The van der Waals surface area contributed by atoms with Crippen molar-refractivity contribution in [1.82, 2.24) is 14.9 Å². The maximum atomic E-state index is 12.6. The third kappa shape index (κ3) is 6.88. The average Bonchev–Trinajstić information content (AvgIpc) is 2.83. The quantitative estimate of drug-likeness (QED) is 0.390. The van der Waals surface area contributed by atoms with Gasteiger partial charge in [0.25, 0.3) is 10.0 Å². The molecule has 2 aromatic carbocycles. The summed E-state index contributed by atoms with van der Waals surface area (Å²) < 4.78 is 33.1. The molecule has 3 N–H and O–H groups in total.